The van der Waals surface area contributed by atoms with Crippen molar-refractivity contribution in [1.82, 2.24) is 5.32 Å². The van der Waals surface area contributed by atoms with Gasteiger partial charge in [-0.25, -0.2) is 0 Å². The molecule has 0 bridgehead atoms. The van der Waals surface area contributed by atoms with Crippen molar-refractivity contribution >= 4 is 27.5 Å². The molecule has 1 heterocycles. The van der Waals surface area contributed by atoms with Crippen LogP contribution in [-0.4, -0.2) is 31.7 Å². The highest BCUT2D eigenvalue weighted by Crippen LogP contribution is 2.23. The van der Waals surface area contributed by atoms with Crippen molar-refractivity contribution in [2.45, 2.75) is 19.4 Å². The molecule has 1 aromatic carbocycles. The molecule has 0 radical (unpaired) electrons. The lowest BCUT2D eigenvalue weighted by molar-refractivity contribution is -0.120. The molecule has 4 nitrogen and oxygen atoms in total. The molecule has 1 aromatic rings. The molecule has 1 aliphatic rings. The molecule has 2 atom stereocenters. The molecule has 0 spiro atoms. The second-order valence-corrected chi connectivity index (χ2v) is 5.53. The third-order valence-electron chi connectivity index (χ3n) is 3.21. The Morgan fingerprint density at radius 3 is 2.95 bits per heavy atom. The van der Waals surface area contributed by atoms with Gasteiger partial charge in [-0.1, -0.05) is 19.1 Å². The van der Waals surface area contributed by atoms with Gasteiger partial charge in [0.1, 0.15) is 0 Å². The number of hydrogen-bond donors (Lipinski definition) is 2. The number of anilines is 1. The first kappa shape index (κ1) is 14.5. The average molecular weight is 327 g/mol. The van der Waals surface area contributed by atoms with Crippen molar-refractivity contribution in [2.75, 3.05) is 25.1 Å². The molecule has 1 saturated heterocycles. The molecule has 2 unspecified atom stereocenters. The van der Waals surface area contributed by atoms with E-state index >= 15 is 0 Å². The van der Waals surface area contributed by atoms with Crippen LogP contribution < -0.4 is 10.6 Å². The van der Waals surface area contributed by atoms with Gasteiger partial charge < -0.3 is 15.4 Å². The number of carbonyl (C=O) groups is 1. The van der Waals surface area contributed by atoms with E-state index in [9.17, 15) is 4.79 Å². The first-order valence-corrected chi connectivity index (χ1v) is 7.38. The lowest BCUT2D eigenvalue weighted by Crippen LogP contribution is -2.41. The number of amides is 1. The highest BCUT2D eigenvalue weighted by Gasteiger charge is 2.33. The summed E-state index contributed by atoms with van der Waals surface area (Å²) in [6, 6.07) is 7.73. The van der Waals surface area contributed by atoms with Gasteiger partial charge in [0.2, 0.25) is 5.91 Å². The zero-order chi connectivity index (χ0) is 13.7. The summed E-state index contributed by atoms with van der Waals surface area (Å²) in [5.74, 6) is -0.114. The number of para-hydroxylation sites is 1. The molecule has 0 aromatic heterocycles. The van der Waals surface area contributed by atoms with Crippen LogP contribution in [-0.2, 0) is 9.53 Å². The minimum atomic E-state index is -0.126. The predicted molar refractivity (Wildman–Crippen MR) is 79.2 cm³/mol. The normalized spacial score (nSPS) is 22.4. The molecule has 1 fully saturated rings. The zero-order valence-corrected chi connectivity index (χ0v) is 12.6. The second kappa shape index (κ2) is 7.03. The summed E-state index contributed by atoms with van der Waals surface area (Å²) in [6.45, 7) is 4.11. The van der Waals surface area contributed by atoms with E-state index in [1.807, 2.05) is 24.3 Å². The van der Waals surface area contributed by atoms with Crippen molar-refractivity contribution in [3.63, 3.8) is 0 Å². The number of rotatable bonds is 5. The average Bonchev–Trinajstić information content (AvgIpc) is 2.87. The van der Waals surface area contributed by atoms with Crippen LogP contribution in [0.15, 0.2) is 28.7 Å². The first-order chi connectivity index (χ1) is 9.22. The van der Waals surface area contributed by atoms with Gasteiger partial charge in [0.25, 0.3) is 0 Å². The van der Waals surface area contributed by atoms with Gasteiger partial charge in [0.05, 0.1) is 24.8 Å². The van der Waals surface area contributed by atoms with E-state index < -0.39 is 0 Å². The van der Waals surface area contributed by atoms with Crippen LogP contribution in [0, 0.1) is 5.92 Å². The Hall–Kier alpha value is -0.910. The Morgan fingerprint density at radius 1 is 1.42 bits per heavy atom. The molecule has 19 heavy (non-hydrogen) atoms. The fourth-order valence-corrected chi connectivity index (χ4v) is 2.52. The highest BCUT2D eigenvalue weighted by atomic mass is 79.9. The van der Waals surface area contributed by atoms with Crippen molar-refractivity contribution in [3.8, 4) is 0 Å². The van der Waals surface area contributed by atoms with Crippen molar-refractivity contribution in [2.24, 2.45) is 5.92 Å². The lowest BCUT2D eigenvalue weighted by atomic mass is 10.0. The number of hydrogen-bond acceptors (Lipinski definition) is 3. The van der Waals surface area contributed by atoms with E-state index in [1.165, 1.54) is 0 Å². The fourth-order valence-electron chi connectivity index (χ4n) is 2.13. The van der Waals surface area contributed by atoms with Crippen molar-refractivity contribution in [1.29, 1.82) is 0 Å². The van der Waals surface area contributed by atoms with Gasteiger partial charge in [0.15, 0.2) is 0 Å². The van der Waals surface area contributed by atoms with E-state index in [4.69, 9.17) is 4.74 Å². The first-order valence-electron chi connectivity index (χ1n) is 6.59. The summed E-state index contributed by atoms with van der Waals surface area (Å²) < 4.78 is 6.31. The smallest absolute Gasteiger partial charge is 0.231 e. The molecule has 1 aliphatic heterocycles. The summed E-state index contributed by atoms with van der Waals surface area (Å²) >= 11 is 3.43. The topological polar surface area (TPSA) is 50.4 Å². The summed E-state index contributed by atoms with van der Waals surface area (Å²) in [7, 11) is 0. The van der Waals surface area contributed by atoms with Crippen molar-refractivity contribution in [3.05, 3.63) is 28.7 Å². The summed E-state index contributed by atoms with van der Waals surface area (Å²) in [6.07, 6.45) is 1.05. The van der Waals surface area contributed by atoms with Gasteiger partial charge in [0, 0.05) is 10.5 Å². The fraction of sp³-hybridized carbons (Fsp3) is 0.500. The SMILES string of the molecule is CCCNC1COCC1C(=O)Nc1ccccc1Br. The maximum Gasteiger partial charge on any atom is 0.231 e. The second-order valence-electron chi connectivity index (χ2n) is 4.67. The zero-order valence-electron chi connectivity index (χ0n) is 11.0. The quantitative estimate of drug-likeness (QED) is 0.873. The Bertz CT molecular complexity index is 439. The highest BCUT2D eigenvalue weighted by molar-refractivity contribution is 9.10. The lowest BCUT2D eigenvalue weighted by Gasteiger charge is -2.18. The van der Waals surface area contributed by atoms with E-state index in [1.54, 1.807) is 0 Å². The van der Waals surface area contributed by atoms with Crippen LogP contribution in [0.1, 0.15) is 13.3 Å². The maximum atomic E-state index is 12.3. The third kappa shape index (κ3) is 3.78. The molecule has 0 saturated carbocycles. The third-order valence-corrected chi connectivity index (χ3v) is 3.90. The standard InChI is InChI=1S/C14H19BrN2O2/c1-2-7-16-13-9-19-8-10(13)14(18)17-12-6-4-3-5-11(12)15/h3-6,10,13,16H,2,7-9H2,1H3,(H,17,18). The van der Waals surface area contributed by atoms with Gasteiger partial charge in [-0.05, 0) is 41.0 Å². The molecular formula is C14H19BrN2O2. The van der Waals surface area contributed by atoms with Crippen molar-refractivity contribution < 1.29 is 9.53 Å². The van der Waals surface area contributed by atoms with E-state index in [-0.39, 0.29) is 17.9 Å². The largest absolute Gasteiger partial charge is 0.379 e. The summed E-state index contributed by atoms with van der Waals surface area (Å²) in [5.41, 5.74) is 0.800. The molecule has 0 aliphatic carbocycles. The molecule has 104 valence electrons. The molecular weight excluding hydrogens is 308 g/mol. The van der Waals surface area contributed by atoms with E-state index in [0.717, 1.165) is 23.1 Å². The predicted octanol–water partition coefficient (Wildman–Crippen LogP) is 2.40. The van der Waals surface area contributed by atoms with Crippen LogP contribution in [0.3, 0.4) is 0 Å². The Morgan fingerprint density at radius 2 is 2.21 bits per heavy atom. The van der Waals surface area contributed by atoms with Crippen LogP contribution in [0.5, 0.6) is 0 Å². The molecule has 2 rings (SSSR count). The van der Waals surface area contributed by atoms with Crippen LogP contribution >= 0.6 is 15.9 Å². The van der Waals surface area contributed by atoms with Gasteiger partial charge in [-0.15, -0.1) is 0 Å². The van der Waals surface area contributed by atoms with Crippen LogP contribution in [0.2, 0.25) is 0 Å². The van der Waals surface area contributed by atoms with Gasteiger partial charge >= 0.3 is 0 Å². The van der Waals surface area contributed by atoms with Gasteiger partial charge in [-0.2, -0.15) is 0 Å². The molecule has 2 N–H and O–H groups in total. The Balaban J connectivity index is 1.97. The minimum Gasteiger partial charge on any atom is -0.379 e. The van der Waals surface area contributed by atoms with Crippen LogP contribution in [0.25, 0.3) is 0 Å². The van der Waals surface area contributed by atoms with Gasteiger partial charge in [-0.3, -0.25) is 4.79 Å². The maximum absolute atomic E-state index is 12.3. The number of ether oxygens (including phenoxy) is 1. The van der Waals surface area contributed by atoms with E-state index in [0.29, 0.717) is 13.2 Å². The van der Waals surface area contributed by atoms with Crippen LogP contribution in [0.4, 0.5) is 5.69 Å². The Kier molecular flexibility index (Phi) is 5.36. The number of nitrogens with one attached hydrogen (secondary N) is 2. The minimum absolute atomic E-state index is 0.0120. The monoisotopic (exact) mass is 326 g/mol. The Labute approximate surface area is 122 Å². The molecule has 5 heteroatoms. The number of carbonyl (C=O) groups excluding carboxylic acids is 1. The summed E-state index contributed by atoms with van der Waals surface area (Å²) in [4.78, 5) is 12.3. The number of halogens is 1. The van der Waals surface area contributed by atoms with E-state index in [2.05, 4.69) is 33.5 Å². The summed E-state index contributed by atoms with van der Waals surface area (Å²) in [5, 5.41) is 6.32. The number of benzene rings is 1. The molecule has 1 amide bonds.